The highest BCUT2D eigenvalue weighted by atomic mass is 15.3. The number of rotatable bonds is 4. The molecule has 0 aliphatic carbocycles. The fourth-order valence-electron chi connectivity index (χ4n) is 2.13. The van der Waals surface area contributed by atoms with Gasteiger partial charge in [0.1, 0.15) is 5.82 Å². The molecular weight excluding hydrogens is 210 g/mol. The number of hydrogen-bond donors (Lipinski definition) is 1. The molecule has 0 unspecified atom stereocenters. The van der Waals surface area contributed by atoms with Crippen LogP contribution in [0.2, 0.25) is 0 Å². The molecule has 90 valence electrons. The lowest BCUT2D eigenvalue weighted by Gasteiger charge is -2.01. The molecule has 0 aliphatic heterocycles. The second-order valence-corrected chi connectivity index (χ2v) is 4.27. The van der Waals surface area contributed by atoms with E-state index in [4.69, 9.17) is 5.73 Å². The summed E-state index contributed by atoms with van der Waals surface area (Å²) in [4.78, 5) is 0. The van der Waals surface area contributed by atoms with Crippen LogP contribution >= 0.6 is 0 Å². The van der Waals surface area contributed by atoms with Crippen LogP contribution in [0.25, 0.3) is 0 Å². The molecule has 0 aliphatic rings. The molecule has 2 aromatic rings. The summed E-state index contributed by atoms with van der Waals surface area (Å²) in [5.74, 6) is 0.801. The topological polar surface area (TPSA) is 43.8 Å². The van der Waals surface area contributed by atoms with Gasteiger partial charge in [-0.3, -0.25) is 4.68 Å². The normalized spacial score (nSPS) is 10.7. The zero-order valence-electron chi connectivity index (χ0n) is 10.5. The van der Waals surface area contributed by atoms with E-state index in [-0.39, 0.29) is 0 Å². The van der Waals surface area contributed by atoms with Crippen molar-refractivity contribution < 1.29 is 0 Å². The van der Waals surface area contributed by atoms with Crippen molar-refractivity contribution in [2.24, 2.45) is 7.05 Å². The monoisotopic (exact) mass is 229 g/mol. The molecule has 0 radical (unpaired) electrons. The van der Waals surface area contributed by atoms with Gasteiger partial charge in [0.2, 0.25) is 0 Å². The summed E-state index contributed by atoms with van der Waals surface area (Å²) in [6.45, 7) is 2.12. The lowest BCUT2D eigenvalue weighted by atomic mass is 10.0. The third kappa shape index (κ3) is 2.49. The largest absolute Gasteiger partial charge is 0.384 e. The van der Waals surface area contributed by atoms with E-state index in [1.807, 2.05) is 13.1 Å². The number of aromatic nitrogens is 2. The molecule has 1 aromatic heterocycles. The molecule has 2 N–H and O–H groups in total. The molecule has 0 atom stereocenters. The first-order valence-electron chi connectivity index (χ1n) is 6.06. The molecule has 0 amide bonds. The molecule has 3 heteroatoms. The van der Waals surface area contributed by atoms with Crippen LogP contribution in [0.5, 0.6) is 0 Å². The van der Waals surface area contributed by atoms with Gasteiger partial charge in [0.25, 0.3) is 0 Å². The fourth-order valence-corrected chi connectivity index (χ4v) is 2.13. The third-order valence-electron chi connectivity index (χ3n) is 3.12. The molecule has 3 nitrogen and oxygen atoms in total. The molecule has 0 fully saturated rings. The summed E-state index contributed by atoms with van der Waals surface area (Å²) >= 11 is 0. The van der Waals surface area contributed by atoms with Gasteiger partial charge in [-0.2, -0.15) is 5.10 Å². The zero-order chi connectivity index (χ0) is 12.3. The summed E-state index contributed by atoms with van der Waals surface area (Å²) in [5.41, 5.74) is 9.66. The summed E-state index contributed by atoms with van der Waals surface area (Å²) in [6.07, 6.45) is 2.92. The summed E-state index contributed by atoms with van der Waals surface area (Å²) in [6, 6.07) is 10.5. The number of hydrogen-bond acceptors (Lipinski definition) is 2. The van der Waals surface area contributed by atoms with Crippen molar-refractivity contribution in [1.82, 2.24) is 9.78 Å². The van der Waals surface area contributed by atoms with Crippen LogP contribution in [0.4, 0.5) is 5.82 Å². The Morgan fingerprint density at radius 3 is 2.53 bits per heavy atom. The van der Waals surface area contributed by atoms with E-state index in [9.17, 15) is 0 Å². The highest BCUT2D eigenvalue weighted by Crippen LogP contribution is 2.18. The predicted octanol–water partition coefficient (Wildman–Crippen LogP) is 2.35. The maximum Gasteiger partial charge on any atom is 0.124 e. The van der Waals surface area contributed by atoms with Crippen molar-refractivity contribution in [2.75, 3.05) is 5.73 Å². The Kier molecular flexibility index (Phi) is 3.47. The first kappa shape index (κ1) is 11.7. The Morgan fingerprint density at radius 1 is 1.18 bits per heavy atom. The van der Waals surface area contributed by atoms with E-state index < -0.39 is 0 Å². The van der Waals surface area contributed by atoms with Crippen LogP contribution in [0.1, 0.15) is 23.7 Å². The third-order valence-corrected chi connectivity index (χ3v) is 3.12. The second-order valence-electron chi connectivity index (χ2n) is 4.27. The maximum absolute atomic E-state index is 5.98. The number of benzene rings is 1. The number of nitrogen functional groups attached to an aromatic ring is 1. The van der Waals surface area contributed by atoms with Crippen molar-refractivity contribution in [1.29, 1.82) is 0 Å². The van der Waals surface area contributed by atoms with Crippen LogP contribution in [0, 0.1) is 0 Å². The van der Waals surface area contributed by atoms with Gasteiger partial charge in [-0.1, -0.05) is 37.3 Å². The minimum atomic E-state index is 0.801. The smallest absolute Gasteiger partial charge is 0.124 e. The summed E-state index contributed by atoms with van der Waals surface area (Å²) in [7, 11) is 1.90. The van der Waals surface area contributed by atoms with Crippen molar-refractivity contribution in [3.05, 3.63) is 47.2 Å². The highest BCUT2D eigenvalue weighted by Gasteiger charge is 2.11. The number of nitrogens with zero attached hydrogens (tertiary/aromatic N) is 2. The van der Waals surface area contributed by atoms with E-state index in [1.54, 1.807) is 4.68 Å². The van der Waals surface area contributed by atoms with Crippen LogP contribution in [0.15, 0.2) is 30.3 Å². The Balaban J connectivity index is 2.12. The average Bonchev–Trinajstić information content (AvgIpc) is 2.63. The Hall–Kier alpha value is -1.77. The quantitative estimate of drug-likeness (QED) is 0.874. The van der Waals surface area contributed by atoms with E-state index in [2.05, 4.69) is 36.3 Å². The van der Waals surface area contributed by atoms with Crippen molar-refractivity contribution in [3.8, 4) is 0 Å². The van der Waals surface area contributed by atoms with E-state index in [1.165, 1.54) is 11.1 Å². The SMILES string of the molecule is CCc1c(CCc2ccccc2)nn(C)c1N. The van der Waals surface area contributed by atoms with Gasteiger partial charge in [0, 0.05) is 12.6 Å². The lowest BCUT2D eigenvalue weighted by Crippen LogP contribution is -1.98. The molecule has 1 aromatic carbocycles. The molecule has 1 heterocycles. The first-order valence-corrected chi connectivity index (χ1v) is 6.06. The van der Waals surface area contributed by atoms with Gasteiger partial charge in [0.05, 0.1) is 5.69 Å². The van der Waals surface area contributed by atoms with Gasteiger partial charge < -0.3 is 5.73 Å². The molecule has 0 spiro atoms. The zero-order valence-corrected chi connectivity index (χ0v) is 10.5. The summed E-state index contributed by atoms with van der Waals surface area (Å²) < 4.78 is 1.78. The predicted molar refractivity (Wildman–Crippen MR) is 70.8 cm³/mol. The maximum atomic E-state index is 5.98. The second kappa shape index (κ2) is 5.04. The molecule has 0 bridgehead atoms. The van der Waals surface area contributed by atoms with Gasteiger partial charge >= 0.3 is 0 Å². The first-order chi connectivity index (χ1) is 8.22. The van der Waals surface area contributed by atoms with Crippen LogP contribution in [0.3, 0.4) is 0 Å². The lowest BCUT2D eigenvalue weighted by molar-refractivity contribution is 0.745. The van der Waals surface area contributed by atoms with Gasteiger partial charge in [-0.05, 0) is 24.8 Å². The van der Waals surface area contributed by atoms with Crippen molar-refractivity contribution >= 4 is 5.82 Å². The van der Waals surface area contributed by atoms with Crippen LogP contribution in [-0.4, -0.2) is 9.78 Å². The van der Waals surface area contributed by atoms with Gasteiger partial charge in [-0.25, -0.2) is 0 Å². The van der Waals surface area contributed by atoms with Crippen molar-refractivity contribution in [3.63, 3.8) is 0 Å². The number of aryl methyl sites for hydroxylation is 3. The minimum absolute atomic E-state index is 0.801. The number of anilines is 1. The summed E-state index contributed by atoms with van der Waals surface area (Å²) in [5, 5.41) is 4.49. The molecule has 17 heavy (non-hydrogen) atoms. The van der Waals surface area contributed by atoms with E-state index in [0.29, 0.717) is 0 Å². The van der Waals surface area contributed by atoms with E-state index >= 15 is 0 Å². The molecular formula is C14H19N3. The standard InChI is InChI=1S/C14H19N3/c1-3-12-13(16-17(2)14(12)15)10-9-11-7-5-4-6-8-11/h4-8H,3,9-10,15H2,1-2H3. The number of nitrogens with two attached hydrogens (primary N) is 1. The Labute approximate surface area is 102 Å². The van der Waals surface area contributed by atoms with Gasteiger partial charge in [0.15, 0.2) is 0 Å². The van der Waals surface area contributed by atoms with E-state index in [0.717, 1.165) is 30.8 Å². The van der Waals surface area contributed by atoms with Crippen LogP contribution < -0.4 is 5.73 Å². The molecule has 0 saturated heterocycles. The fraction of sp³-hybridized carbons (Fsp3) is 0.357. The van der Waals surface area contributed by atoms with Crippen molar-refractivity contribution in [2.45, 2.75) is 26.2 Å². The average molecular weight is 229 g/mol. The van der Waals surface area contributed by atoms with Gasteiger partial charge in [-0.15, -0.1) is 0 Å². The highest BCUT2D eigenvalue weighted by molar-refractivity contribution is 5.43. The molecule has 0 saturated carbocycles. The minimum Gasteiger partial charge on any atom is -0.384 e. The van der Waals surface area contributed by atoms with Crippen LogP contribution in [-0.2, 0) is 26.3 Å². The Morgan fingerprint density at radius 2 is 1.88 bits per heavy atom. The Bertz CT molecular complexity index is 486. The molecule has 2 rings (SSSR count).